The van der Waals surface area contributed by atoms with Crippen LogP contribution >= 0.6 is 0 Å². The van der Waals surface area contributed by atoms with E-state index in [1.54, 1.807) is 54.6 Å². The standard InChI is InChI=1S/C29H27FN4O4/c1-38-27-11-3-2-10-22(27)28(36)32-21-12-13-26(35)23(15-21)24-16-25(19-7-5-8-19)34(33-24)29(37)31-17-18-6-4-9-20(30)14-18/h2-4,6,9-16,19,35H,5,7-8,17H2,1H3,(H,31,37)(H,32,36). The van der Waals surface area contributed by atoms with E-state index < -0.39 is 6.03 Å². The summed E-state index contributed by atoms with van der Waals surface area (Å²) < 4.78 is 20.1. The largest absolute Gasteiger partial charge is 0.507 e. The number of nitrogens with one attached hydrogen (secondary N) is 2. The van der Waals surface area contributed by atoms with Gasteiger partial charge >= 0.3 is 6.03 Å². The number of anilines is 1. The Morgan fingerprint density at radius 2 is 1.89 bits per heavy atom. The molecular weight excluding hydrogens is 487 g/mol. The Balaban J connectivity index is 1.41. The van der Waals surface area contributed by atoms with E-state index in [-0.39, 0.29) is 29.9 Å². The van der Waals surface area contributed by atoms with Crippen molar-refractivity contribution in [2.75, 3.05) is 12.4 Å². The SMILES string of the molecule is COc1ccccc1C(=O)Nc1ccc(O)c(-c2cc(C3CCC3)n(C(=O)NCc3cccc(F)c3)n2)c1. The number of nitrogens with zero attached hydrogens (tertiary/aromatic N) is 2. The van der Waals surface area contributed by atoms with Crippen LogP contribution in [0.1, 0.15) is 46.8 Å². The van der Waals surface area contributed by atoms with E-state index in [1.807, 2.05) is 0 Å². The van der Waals surface area contributed by atoms with Crippen LogP contribution in [0.2, 0.25) is 0 Å². The summed E-state index contributed by atoms with van der Waals surface area (Å²) in [6.45, 7) is 0.144. The Kier molecular flexibility index (Phi) is 7.08. The molecule has 0 saturated heterocycles. The third kappa shape index (κ3) is 5.22. The highest BCUT2D eigenvalue weighted by Gasteiger charge is 2.28. The molecule has 3 N–H and O–H groups in total. The van der Waals surface area contributed by atoms with Crippen molar-refractivity contribution in [1.29, 1.82) is 0 Å². The van der Waals surface area contributed by atoms with Crippen LogP contribution in [0.15, 0.2) is 72.8 Å². The average molecular weight is 515 g/mol. The van der Waals surface area contributed by atoms with Crippen molar-refractivity contribution in [2.24, 2.45) is 0 Å². The minimum Gasteiger partial charge on any atom is -0.507 e. The number of methoxy groups -OCH3 is 1. The lowest BCUT2D eigenvalue weighted by atomic mass is 9.82. The summed E-state index contributed by atoms with van der Waals surface area (Å²) in [5, 5.41) is 20.8. The fourth-order valence-electron chi connectivity index (χ4n) is 4.43. The molecule has 1 aromatic heterocycles. The van der Waals surface area contributed by atoms with Gasteiger partial charge < -0.3 is 20.5 Å². The molecule has 0 radical (unpaired) electrons. The van der Waals surface area contributed by atoms with Crippen molar-refractivity contribution >= 4 is 17.6 Å². The van der Waals surface area contributed by atoms with Gasteiger partial charge in [0.2, 0.25) is 0 Å². The number of ether oxygens (including phenoxy) is 1. The van der Waals surface area contributed by atoms with Crippen LogP contribution in [0.5, 0.6) is 11.5 Å². The molecule has 1 aliphatic carbocycles. The second kappa shape index (κ2) is 10.8. The van der Waals surface area contributed by atoms with Crippen LogP contribution in [0.4, 0.5) is 14.9 Å². The molecule has 5 rings (SSSR count). The highest BCUT2D eigenvalue weighted by Crippen LogP contribution is 2.39. The van der Waals surface area contributed by atoms with Gasteiger partial charge in [0.15, 0.2) is 0 Å². The number of hydrogen-bond donors (Lipinski definition) is 3. The van der Waals surface area contributed by atoms with Crippen LogP contribution in [0, 0.1) is 5.82 Å². The zero-order chi connectivity index (χ0) is 26.6. The third-order valence-corrected chi connectivity index (χ3v) is 6.67. The summed E-state index contributed by atoms with van der Waals surface area (Å²) in [4.78, 5) is 26.0. The van der Waals surface area contributed by atoms with Crippen molar-refractivity contribution in [1.82, 2.24) is 15.1 Å². The first kappa shape index (κ1) is 25.0. The van der Waals surface area contributed by atoms with Crippen LogP contribution < -0.4 is 15.4 Å². The molecule has 2 amide bonds. The van der Waals surface area contributed by atoms with Gasteiger partial charge in [0.05, 0.1) is 24.1 Å². The Bertz CT molecular complexity index is 1500. The van der Waals surface area contributed by atoms with Gasteiger partial charge in [0.25, 0.3) is 5.91 Å². The van der Waals surface area contributed by atoms with Crippen molar-refractivity contribution < 1.29 is 23.8 Å². The fraction of sp³-hybridized carbons (Fsp3) is 0.207. The zero-order valence-electron chi connectivity index (χ0n) is 20.8. The van der Waals surface area contributed by atoms with E-state index in [4.69, 9.17) is 4.74 Å². The topological polar surface area (TPSA) is 105 Å². The summed E-state index contributed by atoms with van der Waals surface area (Å²) in [6.07, 6.45) is 2.93. The predicted octanol–water partition coefficient (Wildman–Crippen LogP) is 5.68. The lowest BCUT2D eigenvalue weighted by molar-refractivity contribution is 0.102. The molecule has 0 unspecified atom stereocenters. The number of hydrogen-bond acceptors (Lipinski definition) is 5. The first-order valence-electron chi connectivity index (χ1n) is 12.3. The molecule has 1 fully saturated rings. The highest BCUT2D eigenvalue weighted by atomic mass is 19.1. The normalized spacial score (nSPS) is 13.0. The van der Waals surface area contributed by atoms with Gasteiger partial charge in [-0.3, -0.25) is 4.79 Å². The first-order chi connectivity index (χ1) is 18.4. The maximum Gasteiger partial charge on any atom is 0.342 e. The van der Waals surface area contributed by atoms with Crippen molar-refractivity contribution in [3.8, 4) is 22.8 Å². The minimum atomic E-state index is -0.442. The molecule has 0 aliphatic heterocycles. The number of phenolic OH excluding ortho intramolecular Hbond substituents is 1. The van der Waals surface area contributed by atoms with Gasteiger partial charge in [0, 0.05) is 23.7 Å². The van der Waals surface area contributed by atoms with E-state index in [2.05, 4.69) is 15.7 Å². The summed E-state index contributed by atoms with van der Waals surface area (Å²) >= 11 is 0. The van der Waals surface area contributed by atoms with Crippen LogP contribution in [0.25, 0.3) is 11.3 Å². The molecule has 0 bridgehead atoms. The van der Waals surface area contributed by atoms with Gasteiger partial charge in [-0.05, 0) is 66.9 Å². The van der Waals surface area contributed by atoms with E-state index in [9.17, 15) is 19.1 Å². The summed E-state index contributed by atoms with van der Waals surface area (Å²) in [7, 11) is 1.50. The van der Waals surface area contributed by atoms with Crippen molar-refractivity contribution in [3.63, 3.8) is 0 Å². The third-order valence-electron chi connectivity index (χ3n) is 6.67. The molecule has 1 aliphatic rings. The van der Waals surface area contributed by atoms with Crippen molar-refractivity contribution in [3.05, 3.63) is 95.4 Å². The molecular formula is C29H27FN4O4. The Labute approximate surface area is 219 Å². The summed E-state index contributed by atoms with van der Waals surface area (Å²) in [5.74, 6) is -0.160. The van der Waals surface area contributed by atoms with E-state index in [1.165, 1.54) is 30.0 Å². The number of phenols is 1. The number of carbonyl (C=O) groups excluding carboxylic acids is 2. The lowest BCUT2D eigenvalue weighted by Crippen LogP contribution is -2.31. The molecule has 0 spiro atoms. The molecule has 4 aromatic rings. The Hall–Kier alpha value is -4.66. The van der Waals surface area contributed by atoms with Crippen LogP contribution in [-0.2, 0) is 6.54 Å². The van der Waals surface area contributed by atoms with Crippen molar-refractivity contribution in [2.45, 2.75) is 31.7 Å². The Morgan fingerprint density at radius 3 is 2.63 bits per heavy atom. The van der Waals surface area contributed by atoms with Crippen LogP contribution in [-0.4, -0.2) is 33.9 Å². The second-order valence-corrected chi connectivity index (χ2v) is 9.17. The number of halogens is 1. The first-order valence-corrected chi connectivity index (χ1v) is 12.3. The summed E-state index contributed by atoms with van der Waals surface area (Å²) in [6, 6.07) is 18.9. The number of para-hydroxylation sites is 1. The summed E-state index contributed by atoms with van der Waals surface area (Å²) in [5.41, 5.74) is 2.97. The number of benzene rings is 3. The number of amides is 2. The molecule has 1 heterocycles. The van der Waals surface area contributed by atoms with Gasteiger partial charge in [-0.1, -0.05) is 30.7 Å². The van der Waals surface area contributed by atoms with E-state index >= 15 is 0 Å². The maximum absolute atomic E-state index is 13.5. The minimum absolute atomic E-state index is 0.0368. The maximum atomic E-state index is 13.5. The highest BCUT2D eigenvalue weighted by molar-refractivity contribution is 6.06. The Morgan fingerprint density at radius 1 is 1.08 bits per heavy atom. The molecule has 3 aromatic carbocycles. The smallest absolute Gasteiger partial charge is 0.342 e. The molecule has 1 saturated carbocycles. The predicted molar refractivity (Wildman–Crippen MR) is 141 cm³/mol. The number of aromatic hydroxyl groups is 1. The molecule has 8 nitrogen and oxygen atoms in total. The quantitative estimate of drug-likeness (QED) is 0.275. The zero-order valence-corrected chi connectivity index (χ0v) is 20.8. The number of aromatic nitrogens is 2. The van der Waals surface area contributed by atoms with Gasteiger partial charge in [-0.15, -0.1) is 0 Å². The monoisotopic (exact) mass is 514 g/mol. The van der Waals surface area contributed by atoms with E-state index in [0.717, 1.165) is 25.0 Å². The fourth-order valence-corrected chi connectivity index (χ4v) is 4.43. The van der Waals surface area contributed by atoms with Gasteiger partial charge in [-0.2, -0.15) is 9.78 Å². The van der Waals surface area contributed by atoms with Gasteiger partial charge in [0.1, 0.15) is 17.3 Å². The number of carbonyl (C=O) groups is 2. The van der Waals surface area contributed by atoms with Crippen LogP contribution in [0.3, 0.4) is 0 Å². The van der Waals surface area contributed by atoms with E-state index in [0.29, 0.717) is 33.8 Å². The molecule has 9 heteroatoms. The average Bonchev–Trinajstić information content (AvgIpc) is 3.31. The molecule has 38 heavy (non-hydrogen) atoms. The number of rotatable bonds is 7. The molecule has 0 atom stereocenters. The van der Waals surface area contributed by atoms with Gasteiger partial charge in [-0.25, -0.2) is 9.18 Å². The lowest BCUT2D eigenvalue weighted by Gasteiger charge is -2.25. The second-order valence-electron chi connectivity index (χ2n) is 9.17. The molecule has 194 valence electrons.